The number of aryl methyl sites for hydroxylation is 1. The van der Waals surface area contributed by atoms with Crippen molar-refractivity contribution in [1.29, 1.82) is 0 Å². The van der Waals surface area contributed by atoms with Crippen LogP contribution < -0.4 is 14.8 Å². The smallest absolute Gasteiger partial charge is 0.268 e. The first-order chi connectivity index (χ1) is 11.2. The van der Waals surface area contributed by atoms with Crippen LogP contribution in [0.2, 0.25) is 0 Å². The monoisotopic (exact) mass is 328 g/mol. The van der Waals surface area contributed by atoms with Crippen molar-refractivity contribution in [2.24, 2.45) is 0 Å². The van der Waals surface area contributed by atoms with Crippen LogP contribution in [0.4, 0.5) is 5.82 Å². The van der Waals surface area contributed by atoms with E-state index < -0.39 is 0 Å². The lowest BCUT2D eigenvalue weighted by molar-refractivity contribution is 0.103. The number of hydrogen-bond acceptors (Lipinski definition) is 6. The molecule has 1 aromatic carbocycles. The number of aromatic amines is 1. The van der Waals surface area contributed by atoms with E-state index in [0.29, 0.717) is 16.4 Å². The van der Waals surface area contributed by atoms with Crippen LogP contribution >= 0.6 is 11.3 Å². The molecule has 23 heavy (non-hydrogen) atoms. The minimum absolute atomic E-state index is 0.230. The number of anilines is 1. The Balaban J connectivity index is 1.55. The Morgan fingerprint density at radius 1 is 1.30 bits per heavy atom. The molecular weight excluding hydrogens is 316 g/mol. The molecule has 8 heteroatoms. The van der Waals surface area contributed by atoms with Crippen LogP contribution in [0.1, 0.15) is 15.4 Å². The highest BCUT2D eigenvalue weighted by Crippen LogP contribution is 2.37. The second-order valence-corrected chi connectivity index (χ2v) is 6.02. The summed E-state index contributed by atoms with van der Waals surface area (Å²) in [6.45, 7) is 2.10. The fraction of sp³-hybridized carbons (Fsp3) is 0.133. The number of fused-ring (bicyclic) bond motifs is 1. The van der Waals surface area contributed by atoms with Crippen molar-refractivity contribution in [2.75, 3.05) is 12.1 Å². The molecule has 0 bridgehead atoms. The fourth-order valence-corrected chi connectivity index (χ4v) is 3.01. The average molecular weight is 328 g/mol. The number of nitrogens with zero attached hydrogens (tertiary/aromatic N) is 2. The van der Waals surface area contributed by atoms with E-state index in [0.717, 1.165) is 22.0 Å². The zero-order valence-electron chi connectivity index (χ0n) is 12.1. The third kappa shape index (κ3) is 2.64. The molecule has 1 amide bonds. The lowest BCUT2D eigenvalue weighted by atomic mass is 10.2. The molecule has 2 aromatic heterocycles. The largest absolute Gasteiger partial charge is 0.454 e. The third-order valence-corrected chi connectivity index (χ3v) is 4.34. The Labute approximate surface area is 135 Å². The highest BCUT2D eigenvalue weighted by Gasteiger charge is 2.17. The van der Waals surface area contributed by atoms with Crippen LogP contribution in [-0.4, -0.2) is 27.9 Å². The molecule has 1 aliphatic heterocycles. The molecule has 4 rings (SSSR count). The Morgan fingerprint density at radius 2 is 2.17 bits per heavy atom. The molecule has 116 valence electrons. The summed E-state index contributed by atoms with van der Waals surface area (Å²) >= 11 is 1.31. The maximum Gasteiger partial charge on any atom is 0.268 e. The van der Waals surface area contributed by atoms with Gasteiger partial charge in [0.25, 0.3) is 5.91 Å². The van der Waals surface area contributed by atoms with Crippen molar-refractivity contribution < 1.29 is 14.3 Å². The maximum absolute atomic E-state index is 12.2. The number of H-pyrrole nitrogens is 1. The molecule has 0 saturated heterocycles. The second kappa shape index (κ2) is 5.40. The summed E-state index contributed by atoms with van der Waals surface area (Å²) < 4.78 is 10.6. The average Bonchev–Trinajstić information content (AvgIpc) is 3.26. The summed E-state index contributed by atoms with van der Waals surface area (Å²) in [6.07, 6.45) is 1.55. The van der Waals surface area contributed by atoms with E-state index in [2.05, 4.69) is 20.5 Å². The van der Waals surface area contributed by atoms with E-state index >= 15 is 0 Å². The van der Waals surface area contributed by atoms with Gasteiger partial charge in [-0.05, 0) is 25.1 Å². The number of carbonyl (C=O) groups is 1. The number of aromatic nitrogens is 3. The molecule has 1 aliphatic rings. The number of amides is 1. The van der Waals surface area contributed by atoms with E-state index in [1.54, 1.807) is 12.3 Å². The van der Waals surface area contributed by atoms with Crippen LogP contribution in [0.5, 0.6) is 11.5 Å². The highest BCUT2D eigenvalue weighted by atomic mass is 32.1. The van der Waals surface area contributed by atoms with Crippen molar-refractivity contribution in [3.05, 3.63) is 41.0 Å². The van der Waals surface area contributed by atoms with Crippen molar-refractivity contribution in [1.82, 2.24) is 15.2 Å². The summed E-state index contributed by atoms with van der Waals surface area (Å²) in [5.41, 5.74) is 1.76. The molecule has 0 aliphatic carbocycles. The molecule has 0 spiro atoms. The minimum atomic E-state index is -0.235. The maximum atomic E-state index is 12.2. The van der Waals surface area contributed by atoms with Gasteiger partial charge in [0.05, 0.1) is 6.20 Å². The van der Waals surface area contributed by atoms with E-state index in [4.69, 9.17) is 9.47 Å². The van der Waals surface area contributed by atoms with Crippen molar-refractivity contribution in [3.63, 3.8) is 0 Å². The highest BCUT2D eigenvalue weighted by molar-refractivity contribution is 7.17. The lowest BCUT2D eigenvalue weighted by Gasteiger charge is -1.99. The Hall–Kier alpha value is -2.87. The minimum Gasteiger partial charge on any atom is -0.454 e. The number of nitrogens with one attached hydrogen (secondary N) is 2. The SMILES string of the molecule is Cc1cc(NC(=O)c2cnc(-c3ccc4c(c3)OCO4)s2)n[nH]1. The van der Waals surface area contributed by atoms with Gasteiger partial charge in [0, 0.05) is 17.3 Å². The van der Waals surface area contributed by atoms with Gasteiger partial charge in [-0.3, -0.25) is 9.89 Å². The van der Waals surface area contributed by atoms with Gasteiger partial charge in [0.2, 0.25) is 6.79 Å². The molecule has 3 heterocycles. The van der Waals surface area contributed by atoms with Gasteiger partial charge in [-0.15, -0.1) is 11.3 Å². The Kier molecular flexibility index (Phi) is 3.23. The summed E-state index contributed by atoms with van der Waals surface area (Å²) in [7, 11) is 0. The number of thiazole rings is 1. The zero-order chi connectivity index (χ0) is 15.8. The van der Waals surface area contributed by atoms with Crippen molar-refractivity contribution in [2.45, 2.75) is 6.92 Å². The fourth-order valence-electron chi connectivity index (χ4n) is 2.20. The number of rotatable bonds is 3. The van der Waals surface area contributed by atoms with Gasteiger partial charge in [-0.1, -0.05) is 0 Å². The van der Waals surface area contributed by atoms with Crippen LogP contribution in [0.3, 0.4) is 0 Å². The number of carbonyl (C=O) groups excluding carboxylic acids is 1. The van der Waals surface area contributed by atoms with Crippen LogP contribution in [0, 0.1) is 6.92 Å². The second-order valence-electron chi connectivity index (χ2n) is 4.99. The molecule has 3 aromatic rings. The number of hydrogen-bond donors (Lipinski definition) is 2. The van der Waals surface area contributed by atoms with Gasteiger partial charge in [0.15, 0.2) is 17.3 Å². The van der Waals surface area contributed by atoms with Crippen molar-refractivity contribution >= 4 is 23.1 Å². The van der Waals surface area contributed by atoms with Crippen LogP contribution in [0.15, 0.2) is 30.5 Å². The van der Waals surface area contributed by atoms with E-state index in [-0.39, 0.29) is 12.7 Å². The summed E-state index contributed by atoms with van der Waals surface area (Å²) in [5.74, 6) is 1.67. The van der Waals surface area contributed by atoms with Gasteiger partial charge in [-0.2, -0.15) is 5.10 Å². The summed E-state index contributed by atoms with van der Waals surface area (Å²) in [4.78, 5) is 17.0. The van der Waals surface area contributed by atoms with E-state index in [1.807, 2.05) is 25.1 Å². The molecule has 7 nitrogen and oxygen atoms in total. The normalized spacial score (nSPS) is 12.4. The zero-order valence-corrected chi connectivity index (χ0v) is 12.9. The van der Waals surface area contributed by atoms with Gasteiger partial charge in [-0.25, -0.2) is 4.98 Å². The molecule has 0 atom stereocenters. The van der Waals surface area contributed by atoms with E-state index in [1.165, 1.54) is 11.3 Å². The molecular formula is C15H12N4O3S. The first kappa shape index (κ1) is 13.8. The summed E-state index contributed by atoms with van der Waals surface area (Å²) in [6, 6.07) is 7.36. The first-order valence-corrected chi connectivity index (χ1v) is 7.70. The topological polar surface area (TPSA) is 89.1 Å². The predicted molar refractivity (Wildman–Crippen MR) is 85.0 cm³/mol. The molecule has 0 radical (unpaired) electrons. The quantitative estimate of drug-likeness (QED) is 0.772. The van der Waals surface area contributed by atoms with Gasteiger partial charge < -0.3 is 14.8 Å². The molecule has 0 fully saturated rings. The first-order valence-electron chi connectivity index (χ1n) is 6.88. The molecule has 2 N–H and O–H groups in total. The van der Waals surface area contributed by atoms with Gasteiger partial charge in [0.1, 0.15) is 9.88 Å². The standard InChI is InChI=1S/C15H12N4O3S/c1-8-4-13(19-18-8)17-14(20)12-6-16-15(23-12)9-2-3-10-11(5-9)22-7-21-10/h2-6H,7H2,1H3,(H2,17,18,19,20). The number of benzene rings is 1. The lowest BCUT2D eigenvalue weighted by Crippen LogP contribution is -2.10. The predicted octanol–water partition coefficient (Wildman–Crippen LogP) is 2.82. The Bertz CT molecular complexity index is 886. The Morgan fingerprint density at radius 3 is 3.00 bits per heavy atom. The van der Waals surface area contributed by atoms with Crippen LogP contribution in [-0.2, 0) is 0 Å². The summed E-state index contributed by atoms with van der Waals surface area (Å²) in [5, 5.41) is 10.2. The van der Waals surface area contributed by atoms with E-state index in [9.17, 15) is 4.79 Å². The molecule has 0 unspecified atom stereocenters. The van der Waals surface area contributed by atoms with Gasteiger partial charge >= 0.3 is 0 Å². The van der Waals surface area contributed by atoms with Crippen LogP contribution in [0.25, 0.3) is 10.6 Å². The molecule has 0 saturated carbocycles. The van der Waals surface area contributed by atoms with Crippen molar-refractivity contribution in [3.8, 4) is 22.1 Å². The third-order valence-electron chi connectivity index (χ3n) is 3.30. The number of ether oxygens (including phenoxy) is 2.